The predicted octanol–water partition coefficient (Wildman–Crippen LogP) is 1.52. The van der Waals surface area contributed by atoms with Crippen molar-refractivity contribution in [2.75, 3.05) is 12.8 Å². The maximum Gasteiger partial charge on any atom is 0.319 e. The van der Waals surface area contributed by atoms with Crippen molar-refractivity contribution in [3.63, 3.8) is 0 Å². The van der Waals surface area contributed by atoms with Gasteiger partial charge in [0.1, 0.15) is 5.82 Å². The molecule has 2 unspecified atom stereocenters. The van der Waals surface area contributed by atoms with Crippen LogP contribution in [0, 0.1) is 0 Å². The summed E-state index contributed by atoms with van der Waals surface area (Å²) in [7, 11) is -0.843. The van der Waals surface area contributed by atoms with Gasteiger partial charge in [-0.15, -0.1) is 0 Å². The van der Waals surface area contributed by atoms with Crippen molar-refractivity contribution < 1.29 is 13.0 Å². The molecule has 7 heteroatoms. The second-order valence-corrected chi connectivity index (χ2v) is 5.60. The van der Waals surface area contributed by atoms with Gasteiger partial charge in [-0.05, 0) is 13.0 Å². The van der Waals surface area contributed by atoms with Gasteiger partial charge in [-0.1, -0.05) is 6.92 Å². The molecule has 98 valence electrons. The molecule has 0 saturated heterocycles. The summed E-state index contributed by atoms with van der Waals surface area (Å²) in [5.74, 6) is 0.310. The van der Waals surface area contributed by atoms with E-state index in [-0.39, 0.29) is 5.25 Å². The Morgan fingerprint density at radius 2 is 2.29 bits per heavy atom. The molecule has 0 spiro atoms. The van der Waals surface area contributed by atoms with E-state index >= 15 is 0 Å². The Balaban J connectivity index is 2.31. The highest BCUT2D eigenvalue weighted by Crippen LogP contribution is 2.11. The van der Waals surface area contributed by atoms with Gasteiger partial charge in [-0.25, -0.2) is 4.98 Å². The van der Waals surface area contributed by atoms with Crippen LogP contribution >= 0.6 is 0 Å². The van der Waals surface area contributed by atoms with Crippen molar-refractivity contribution in [1.82, 2.24) is 14.9 Å². The first-order chi connectivity index (χ1) is 8.02. The minimum absolute atomic E-state index is 0.109. The number of nitrogens with one attached hydrogen (secondary N) is 1. The van der Waals surface area contributed by atoms with Crippen molar-refractivity contribution in [3.05, 3.63) is 18.2 Å². The topological polar surface area (TPSA) is 46.9 Å². The summed E-state index contributed by atoms with van der Waals surface area (Å²) >= 11 is 0. The molecule has 2 atom stereocenters. The van der Waals surface area contributed by atoms with Crippen LogP contribution in [0.5, 0.6) is 0 Å². The van der Waals surface area contributed by atoms with E-state index in [0.29, 0.717) is 18.9 Å². The zero-order valence-corrected chi connectivity index (χ0v) is 10.7. The summed E-state index contributed by atoms with van der Waals surface area (Å²) in [6.07, 6.45) is 5.02. The van der Waals surface area contributed by atoms with Gasteiger partial charge in [0.15, 0.2) is 0 Å². The fourth-order valence-corrected chi connectivity index (χ4v) is 1.78. The number of hydrogen-bond acceptors (Lipinski definition) is 3. The first-order valence-corrected chi connectivity index (χ1v) is 6.97. The van der Waals surface area contributed by atoms with Gasteiger partial charge in [-0.2, -0.15) is 8.78 Å². The smallest absolute Gasteiger partial charge is 0.310 e. The van der Waals surface area contributed by atoms with Crippen molar-refractivity contribution in [2.24, 2.45) is 0 Å². The average molecular weight is 265 g/mol. The lowest BCUT2D eigenvalue weighted by molar-refractivity contribution is 0.0666. The van der Waals surface area contributed by atoms with Gasteiger partial charge in [-0.3, -0.25) is 8.78 Å². The third-order valence-corrected chi connectivity index (χ3v) is 3.91. The summed E-state index contributed by atoms with van der Waals surface area (Å²) in [5.41, 5.74) is 0. The fourth-order valence-electron chi connectivity index (χ4n) is 1.33. The number of nitrogens with zero attached hydrogens (tertiary/aromatic N) is 2. The number of halogens is 2. The Morgan fingerprint density at radius 1 is 1.59 bits per heavy atom. The van der Waals surface area contributed by atoms with Crippen LogP contribution in [0.1, 0.15) is 25.7 Å². The molecule has 0 aliphatic rings. The summed E-state index contributed by atoms with van der Waals surface area (Å²) in [6.45, 7) is 0.270. The van der Waals surface area contributed by atoms with E-state index in [9.17, 15) is 13.0 Å². The SMILES string of the molecule is CC(CCNCc1nccn1C(F)F)S(C)=O. The number of imidazole rings is 1. The minimum Gasteiger partial charge on any atom is -0.310 e. The highest BCUT2D eigenvalue weighted by Gasteiger charge is 2.11. The zero-order valence-electron chi connectivity index (χ0n) is 9.90. The standard InChI is InChI=1S/C10H17F2N3OS/c1-8(17(2)16)3-4-13-7-9-14-5-6-15(9)10(11)12/h5-6,8,10,13H,3-4,7H2,1-2H3. The van der Waals surface area contributed by atoms with Gasteiger partial charge >= 0.3 is 6.55 Å². The second-order valence-electron chi connectivity index (χ2n) is 3.80. The lowest BCUT2D eigenvalue weighted by Crippen LogP contribution is -2.22. The van der Waals surface area contributed by atoms with E-state index in [1.165, 1.54) is 12.4 Å². The molecule has 1 aromatic heterocycles. The van der Waals surface area contributed by atoms with Crippen LogP contribution in [-0.4, -0.2) is 31.8 Å². The lowest BCUT2D eigenvalue weighted by atomic mass is 10.3. The fraction of sp³-hybridized carbons (Fsp3) is 0.700. The normalized spacial score (nSPS) is 15.1. The maximum absolute atomic E-state index is 12.5. The second kappa shape index (κ2) is 6.80. The van der Waals surface area contributed by atoms with Crippen LogP contribution in [-0.2, 0) is 17.3 Å². The van der Waals surface area contributed by atoms with E-state index in [1.54, 1.807) is 6.26 Å². The summed E-state index contributed by atoms with van der Waals surface area (Å²) in [6, 6.07) is 0. The molecule has 17 heavy (non-hydrogen) atoms. The Hall–Kier alpha value is -0.820. The maximum atomic E-state index is 12.5. The van der Waals surface area contributed by atoms with Crippen molar-refractivity contribution in [3.8, 4) is 0 Å². The van der Waals surface area contributed by atoms with Crippen molar-refractivity contribution in [2.45, 2.75) is 31.7 Å². The number of rotatable bonds is 7. The van der Waals surface area contributed by atoms with Crippen LogP contribution in [0.4, 0.5) is 8.78 Å². The molecule has 0 aliphatic heterocycles. The van der Waals surface area contributed by atoms with Crippen LogP contribution in [0.15, 0.2) is 12.4 Å². The Labute approximate surface area is 102 Å². The van der Waals surface area contributed by atoms with Gasteiger partial charge in [0.25, 0.3) is 0 Å². The number of aromatic nitrogens is 2. The molecule has 1 rings (SSSR count). The molecule has 0 bridgehead atoms. The largest absolute Gasteiger partial charge is 0.319 e. The zero-order chi connectivity index (χ0) is 12.8. The van der Waals surface area contributed by atoms with Crippen LogP contribution in [0.2, 0.25) is 0 Å². The van der Waals surface area contributed by atoms with E-state index in [4.69, 9.17) is 0 Å². The monoisotopic (exact) mass is 265 g/mol. The Morgan fingerprint density at radius 3 is 2.88 bits per heavy atom. The predicted molar refractivity (Wildman–Crippen MR) is 63.3 cm³/mol. The summed E-state index contributed by atoms with van der Waals surface area (Å²) < 4.78 is 36.8. The van der Waals surface area contributed by atoms with Crippen molar-refractivity contribution in [1.29, 1.82) is 0 Å². The first-order valence-electron chi connectivity index (χ1n) is 5.35. The van der Waals surface area contributed by atoms with Gasteiger partial charge < -0.3 is 5.32 Å². The quantitative estimate of drug-likeness (QED) is 0.760. The molecular weight excluding hydrogens is 248 g/mol. The highest BCUT2D eigenvalue weighted by atomic mass is 32.2. The van der Waals surface area contributed by atoms with Gasteiger partial charge in [0.05, 0.1) is 6.54 Å². The molecule has 1 N–H and O–H groups in total. The molecule has 1 heterocycles. The molecule has 4 nitrogen and oxygen atoms in total. The molecule has 0 fully saturated rings. The van der Waals surface area contributed by atoms with Gasteiger partial charge in [0, 0.05) is 34.7 Å². The number of alkyl halides is 2. The first kappa shape index (κ1) is 14.2. The van der Waals surface area contributed by atoms with Gasteiger partial charge in [0.2, 0.25) is 0 Å². The lowest BCUT2D eigenvalue weighted by Gasteiger charge is -2.10. The molecular formula is C10H17F2N3OS. The third kappa shape index (κ3) is 4.51. The molecule has 0 aliphatic carbocycles. The Bertz CT molecular complexity index is 370. The molecule has 0 amide bonds. The summed E-state index contributed by atoms with van der Waals surface area (Å²) in [5, 5.41) is 3.13. The van der Waals surface area contributed by atoms with E-state index in [0.717, 1.165) is 11.0 Å². The average Bonchev–Trinajstić information content (AvgIpc) is 2.72. The van der Waals surface area contributed by atoms with Crippen LogP contribution in [0.25, 0.3) is 0 Å². The Kier molecular flexibility index (Phi) is 5.70. The molecule has 1 aromatic rings. The van der Waals surface area contributed by atoms with Crippen molar-refractivity contribution >= 4 is 10.8 Å². The minimum atomic E-state index is -2.56. The van der Waals surface area contributed by atoms with E-state index in [2.05, 4.69) is 10.3 Å². The molecule has 0 aromatic carbocycles. The van der Waals surface area contributed by atoms with E-state index in [1.807, 2.05) is 6.92 Å². The van der Waals surface area contributed by atoms with Crippen LogP contribution < -0.4 is 5.32 Å². The number of hydrogen-bond donors (Lipinski definition) is 1. The third-order valence-electron chi connectivity index (χ3n) is 2.54. The molecule has 0 saturated carbocycles. The van der Waals surface area contributed by atoms with E-state index < -0.39 is 17.3 Å². The summed E-state index contributed by atoms with van der Waals surface area (Å²) in [4.78, 5) is 3.85. The van der Waals surface area contributed by atoms with Crippen LogP contribution in [0.3, 0.4) is 0 Å². The molecule has 0 radical (unpaired) electrons. The highest BCUT2D eigenvalue weighted by molar-refractivity contribution is 7.84.